The second-order valence-corrected chi connectivity index (χ2v) is 4.83. The van der Waals surface area contributed by atoms with E-state index < -0.39 is 0 Å². The standard InChI is InChI=1S/C11H22BrNO/c1-5-11(6-2,8-12)13-10(14)7-9(3)4/h9H,5-8H2,1-4H3,(H,13,14). The minimum absolute atomic E-state index is 0.0496. The molecule has 0 saturated heterocycles. The van der Waals surface area contributed by atoms with Gasteiger partial charge in [-0.2, -0.15) is 0 Å². The topological polar surface area (TPSA) is 29.1 Å². The summed E-state index contributed by atoms with van der Waals surface area (Å²) in [6.45, 7) is 8.35. The fraction of sp³-hybridized carbons (Fsp3) is 0.909. The summed E-state index contributed by atoms with van der Waals surface area (Å²) in [5.41, 5.74) is -0.0496. The first-order valence-electron chi connectivity index (χ1n) is 5.36. The second kappa shape index (κ2) is 6.44. The Morgan fingerprint density at radius 1 is 1.36 bits per heavy atom. The average Bonchev–Trinajstić information content (AvgIpc) is 2.13. The Bertz CT molecular complexity index is 168. The summed E-state index contributed by atoms with van der Waals surface area (Å²) in [5.74, 6) is 0.597. The summed E-state index contributed by atoms with van der Waals surface area (Å²) in [5, 5.41) is 3.96. The predicted octanol–water partition coefficient (Wildman–Crippen LogP) is 3.10. The summed E-state index contributed by atoms with van der Waals surface area (Å²) in [6, 6.07) is 0. The van der Waals surface area contributed by atoms with Crippen LogP contribution in [0.5, 0.6) is 0 Å². The lowest BCUT2D eigenvalue weighted by molar-refractivity contribution is -0.123. The van der Waals surface area contributed by atoms with Crippen LogP contribution in [0.4, 0.5) is 0 Å². The second-order valence-electron chi connectivity index (χ2n) is 4.27. The summed E-state index contributed by atoms with van der Waals surface area (Å²) in [7, 11) is 0. The first-order valence-corrected chi connectivity index (χ1v) is 6.48. The zero-order valence-corrected chi connectivity index (χ0v) is 11.3. The Morgan fingerprint density at radius 2 is 1.86 bits per heavy atom. The minimum atomic E-state index is -0.0496. The molecule has 14 heavy (non-hydrogen) atoms. The Balaban J connectivity index is 4.22. The minimum Gasteiger partial charge on any atom is -0.350 e. The fourth-order valence-corrected chi connectivity index (χ4v) is 2.30. The molecule has 1 amide bonds. The van der Waals surface area contributed by atoms with Crippen LogP contribution in [0.2, 0.25) is 0 Å². The van der Waals surface area contributed by atoms with E-state index in [4.69, 9.17) is 0 Å². The first-order chi connectivity index (χ1) is 6.49. The smallest absolute Gasteiger partial charge is 0.220 e. The Labute approximate surface area is 96.0 Å². The van der Waals surface area contributed by atoms with Gasteiger partial charge in [0, 0.05) is 17.3 Å². The first kappa shape index (κ1) is 13.9. The van der Waals surface area contributed by atoms with Gasteiger partial charge in [0.2, 0.25) is 5.91 Å². The van der Waals surface area contributed by atoms with Crippen LogP contribution in [0.25, 0.3) is 0 Å². The van der Waals surface area contributed by atoms with Gasteiger partial charge in [0.1, 0.15) is 0 Å². The van der Waals surface area contributed by atoms with E-state index in [2.05, 4.69) is 48.9 Å². The molecule has 0 aliphatic rings. The molecule has 0 unspecified atom stereocenters. The van der Waals surface area contributed by atoms with Crippen molar-refractivity contribution in [2.24, 2.45) is 5.92 Å². The van der Waals surface area contributed by atoms with Crippen LogP contribution in [-0.4, -0.2) is 16.8 Å². The van der Waals surface area contributed by atoms with Gasteiger partial charge in [-0.05, 0) is 18.8 Å². The number of alkyl halides is 1. The molecule has 0 heterocycles. The SMILES string of the molecule is CCC(CC)(CBr)NC(=O)CC(C)C. The highest BCUT2D eigenvalue weighted by molar-refractivity contribution is 9.09. The van der Waals surface area contributed by atoms with Crippen molar-refractivity contribution >= 4 is 21.8 Å². The number of carbonyl (C=O) groups excluding carboxylic acids is 1. The molecule has 0 aliphatic carbocycles. The lowest BCUT2D eigenvalue weighted by Crippen LogP contribution is -2.49. The van der Waals surface area contributed by atoms with Crippen LogP contribution in [0.1, 0.15) is 47.0 Å². The number of rotatable bonds is 6. The van der Waals surface area contributed by atoms with Gasteiger partial charge >= 0.3 is 0 Å². The number of halogens is 1. The highest BCUT2D eigenvalue weighted by atomic mass is 79.9. The van der Waals surface area contributed by atoms with Crippen molar-refractivity contribution in [3.63, 3.8) is 0 Å². The molecular formula is C11H22BrNO. The van der Waals surface area contributed by atoms with Crippen LogP contribution in [0, 0.1) is 5.92 Å². The number of hydrogen-bond donors (Lipinski definition) is 1. The van der Waals surface area contributed by atoms with Crippen molar-refractivity contribution in [2.45, 2.75) is 52.5 Å². The third kappa shape index (κ3) is 4.45. The molecule has 1 N–H and O–H groups in total. The van der Waals surface area contributed by atoms with Gasteiger partial charge in [-0.15, -0.1) is 0 Å². The zero-order valence-electron chi connectivity index (χ0n) is 9.69. The Morgan fingerprint density at radius 3 is 2.14 bits per heavy atom. The number of amides is 1. The molecule has 0 radical (unpaired) electrons. The number of nitrogens with one attached hydrogen (secondary N) is 1. The third-order valence-electron chi connectivity index (χ3n) is 2.61. The van der Waals surface area contributed by atoms with Crippen molar-refractivity contribution < 1.29 is 4.79 Å². The number of hydrogen-bond acceptors (Lipinski definition) is 1. The van der Waals surface area contributed by atoms with E-state index in [1.807, 2.05) is 0 Å². The molecule has 0 atom stereocenters. The molecule has 3 heteroatoms. The van der Waals surface area contributed by atoms with Crippen LogP contribution in [0.15, 0.2) is 0 Å². The van der Waals surface area contributed by atoms with Gasteiger partial charge in [-0.3, -0.25) is 4.79 Å². The van der Waals surface area contributed by atoms with E-state index in [9.17, 15) is 4.79 Å². The maximum absolute atomic E-state index is 11.6. The lowest BCUT2D eigenvalue weighted by atomic mass is 9.95. The molecule has 0 bridgehead atoms. The van der Waals surface area contributed by atoms with E-state index in [0.717, 1.165) is 18.2 Å². The maximum Gasteiger partial charge on any atom is 0.220 e. The maximum atomic E-state index is 11.6. The molecule has 0 spiro atoms. The molecule has 2 nitrogen and oxygen atoms in total. The fourth-order valence-electron chi connectivity index (χ4n) is 1.37. The molecule has 0 aliphatic heterocycles. The van der Waals surface area contributed by atoms with Gasteiger partial charge in [0.25, 0.3) is 0 Å². The van der Waals surface area contributed by atoms with Gasteiger partial charge < -0.3 is 5.32 Å². The summed E-state index contributed by atoms with van der Waals surface area (Å²) >= 11 is 3.47. The van der Waals surface area contributed by atoms with Crippen LogP contribution < -0.4 is 5.32 Å². The van der Waals surface area contributed by atoms with Crippen molar-refractivity contribution in [1.82, 2.24) is 5.32 Å². The van der Waals surface area contributed by atoms with Crippen molar-refractivity contribution in [2.75, 3.05) is 5.33 Å². The van der Waals surface area contributed by atoms with Gasteiger partial charge in [-0.1, -0.05) is 43.6 Å². The van der Waals surface area contributed by atoms with Gasteiger partial charge in [-0.25, -0.2) is 0 Å². The van der Waals surface area contributed by atoms with E-state index >= 15 is 0 Å². The Kier molecular flexibility index (Phi) is 6.41. The van der Waals surface area contributed by atoms with Crippen LogP contribution >= 0.6 is 15.9 Å². The molecular weight excluding hydrogens is 242 g/mol. The molecule has 0 saturated carbocycles. The largest absolute Gasteiger partial charge is 0.350 e. The average molecular weight is 264 g/mol. The van der Waals surface area contributed by atoms with Crippen LogP contribution in [-0.2, 0) is 4.79 Å². The summed E-state index contributed by atoms with van der Waals surface area (Å²) in [6.07, 6.45) is 2.56. The van der Waals surface area contributed by atoms with Crippen LogP contribution in [0.3, 0.4) is 0 Å². The summed E-state index contributed by atoms with van der Waals surface area (Å²) < 4.78 is 0. The summed E-state index contributed by atoms with van der Waals surface area (Å²) in [4.78, 5) is 11.6. The lowest BCUT2D eigenvalue weighted by Gasteiger charge is -2.31. The van der Waals surface area contributed by atoms with Gasteiger partial charge in [0.05, 0.1) is 0 Å². The molecule has 0 rings (SSSR count). The van der Waals surface area contributed by atoms with Gasteiger partial charge in [0.15, 0.2) is 0 Å². The van der Waals surface area contributed by atoms with E-state index in [1.165, 1.54) is 0 Å². The van der Waals surface area contributed by atoms with Crippen molar-refractivity contribution in [3.8, 4) is 0 Å². The van der Waals surface area contributed by atoms with E-state index in [0.29, 0.717) is 12.3 Å². The van der Waals surface area contributed by atoms with E-state index in [1.54, 1.807) is 0 Å². The number of carbonyl (C=O) groups is 1. The highest BCUT2D eigenvalue weighted by Gasteiger charge is 2.26. The Hall–Kier alpha value is -0.0500. The monoisotopic (exact) mass is 263 g/mol. The molecule has 0 aromatic carbocycles. The van der Waals surface area contributed by atoms with E-state index in [-0.39, 0.29) is 11.4 Å². The molecule has 84 valence electrons. The highest BCUT2D eigenvalue weighted by Crippen LogP contribution is 2.18. The van der Waals surface area contributed by atoms with Crippen molar-refractivity contribution in [1.29, 1.82) is 0 Å². The van der Waals surface area contributed by atoms with Crippen molar-refractivity contribution in [3.05, 3.63) is 0 Å². The zero-order chi connectivity index (χ0) is 11.2. The molecule has 0 aromatic heterocycles. The normalized spacial score (nSPS) is 11.9. The molecule has 0 aromatic rings. The molecule has 0 fully saturated rings. The third-order valence-corrected chi connectivity index (χ3v) is 3.68. The predicted molar refractivity (Wildman–Crippen MR) is 64.7 cm³/mol. The quantitative estimate of drug-likeness (QED) is 0.734.